The van der Waals surface area contributed by atoms with Crippen molar-refractivity contribution < 1.29 is 30.7 Å². The number of ether oxygens (including phenoxy) is 1. The van der Waals surface area contributed by atoms with Crippen LogP contribution in [0.2, 0.25) is 0 Å². The molecule has 0 bridgehead atoms. The van der Waals surface area contributed by atoms with Crippen LogP contribution in [0, 0.1) is 13.8 Å². The van der Waals surface area contributed by atoms with E-state index in [2.05, 4.69) is 0 Å². The predicted molar refractivity (Wildman–Crippen MR) is 88.5 cm³/mol. The van der Waals surface area contributed by atoms with Crippen molar-refractivity contribution in [3.8, 4) is 5.75 Å². The molecule has 2 N–H and O–H groups in total. The first-order valence-corrected chi connectivity index (χ1v) is 9.49. The second-order valence-electron chi connectivity index (χ2n) is 4.90. The number of benzene rings is 2. The quantitative estimate of drug-likeness (QED) is 0.792. The Balaban J connectivity index is 0.000000243. The smallest absolute Gasteiger partial charge is 0.294 e. The second-order valence-corrected chi connectivity index (χ2v) is 7.74. The van der Waals surface area contributed by atoms with Crippen LogP contribution < -0.4 is 4.74 Å². The minimum atomic E-state index is -4.11. The predicted octanol–water partition coefficient (Wildman–Crippen LogP) is 2.49. The van der Waals surface area contributed by atoms with Gasteiger partial charge in [0.1, 0.15) is 5.75 Å². The van der Waals surface area contributed by atoms with Gasteiger partial charge in [0.25, 0.3) is 20.2 Å². The standard InChI is InChI=1S/C8H10O4S.C7H8O3S/c1-6-5-7(13(9,10)11)3-4-8(6)12-2;1-6-3-2-4-7(5-6)11(8,9)10/h3-5H,1-2H3,(H,9,10,11);2-5H,1H3,(H,8,9,10). The van der Waals surface area contributed by atoms with E-state index in [1.807, 2.05) is 0 Å². The molecule has 2 aromatic rings. The third-order valence-corrected chi connectivity index (χ3v) is 4.65. The molecular weight excluding hydrogens is 356 g/mol. The molecule has 0 aliphatic rings. The lowest BCUT2D eigenvalue weighted by molar-refractivity contribution is 0.411. The molecule has 0 saturated heterocycles. The van der Waals surface area contributed by atoms with Crippen molar-refractivity contribution in [2.24, 2.45) is 0 Å². The minimum Gasteiger partial charge on any atom is -0.496 e. The zero-order valence-corrected chi connectivity index (χ0v) is 14.9. The van der Waals surface area contributed by atoms with Gasteiger partial charge < -0.3 is 4.74 Å². The Kier molecular flexibility index (Phi) is 6.50. The van der Waals surface area contributed by atoms with Crippen LogP contribution in [0.15, 0.2) is 52.3 Å². The molecule has 0 aromatic heterocycles. The summed E-state index contributed by atoms with van der Waals surface area (Å²) in [4.78, 5) is -0.177. The van der Waals surface area contributed by atoms with Crippen LogP contribution in [0.5, 0.6) is 5.75 Å². The maximum atomic E-state index is 10.7. The summed E-state index contributed by atoms with van der Waals surface area (Å²) in [5.74, 6) is 0.590. The summed E-state index contributed by atoms with van der Waals surface area (Å²) >= 11 is 0. The average molecular weight is 374 g/mol. The normalized spacial score (nSPS) is 11.4. The Bertz CT molecular complexity index is 917. The highest BCUT2D eigenvalue weighted by Crippen LogP contribution is 2.20. The summed E-state index contributed by atoms with van der Waals surface area (Å²) < 4.78 is 64.7. The molecule has 24 heavy (non-hydrogen) atoms. The summed E-state index contributed by atoms with van der Waals surface area (Å²) in [6.07, 6.45) is 0. The van der Waals surface area contributed by atoms with Crippen molar-refractivity contribution in [2.75, 3.05) is 7.11 Å². The highest BCUT2D eigenvalue weighted by molar-refractivity contribution is 7.86. The number of aryl methyl sites for hydroxylation is 2. The summed E-state index contributed by atoms with van der Waals surface area (Å²) in [7, 11) is -6.64. The molecule has 0 spiro atoms. The van der Waals surface area contributed by atoms with Crippen LogP contribution in [0.3, 0.4) is 0 Å². The van der Waals surface area contributed by atoms with Gasteiger partial charge in [-0.3, -0.25) is 9.11 Å². The maximum absolute atomic E-state index is 10.7. The van der Waals surface area contributed by atoms with Crippen LogP contribution in [0.1, 0.15) is 11.1 Å². The fourth-order valence-corrected chi connectivity index (χ4v) is 2.94. The van der Waals surface area contributed by atoms with Gasteiger partial charge in [-0.2, -0.15) is 16.8 Å². The third kappa shape index (κ3) is 5.93. The van der Waals surface area contributed by atoms with E-state index in [1.165, 1.54) is 37.4 Å². The van der Waals surface area contributed by atoms with Gasteiger partial charge in [-0.1, -0.05) is 12.1 Å². The summed E-state index contributed by atoms with van der Waals surface area (Å²) in [6.45, 7) is 3.46. The van der Waals surface area contributed by atoms with Gasteiger partial charge in [-0.15, -0.1) is 0 Å². The molecule has 2 aromatic carbocycles. The first-order chi connectivity index (χ1) is 10.9. The van der Waals surface area contributed by atoms with Crippen LogP contribution in [0.4, 0.5) is 0 Å². The molecular formula is C15H18O7S2. The lowest BCUT2D eigenvalue weighted by atomic mass is 10.2. The topological polar surface area (TPSA) is 118 Å². The Morgan fingerprint density at radius 3 is 1.75 bits per heavy atom. The molecule has 0 saturated carbocycles. The maximum Gasteiger partial charge on any atom is 0.294 e. The molecule has 132 valence electrons. The van der Waals surface area contributed by atoms with Crippen molar-refractivity contribution >= 4 is 20.2 Å². The van der Waals surface area contributed by atoms with Crippen LogP contribution in [-0.4, -0.2) is 33.1 Å². The van der Waals surface area contributed by atoms with E-state index in [4.69, 9.17) is 13.8 Å². The lowest BCUT2D eigenvalue weighted by Crippen LogP contribution is -1.98. The Hall–Kier alpha value is -1.94. The summed E-state index contributed by atoms with van der Waals surface area (Å²) in [5, 5.41) is 0. The monoisotopic (exact) mass is 374 g/mol. The molecule has 0 aliphatic carbocycles. The van der Waals surface area contributed by atoms with Gasteiger partial charge >= 0.3 is 0 Å². The molecule has 7 nitrogen and oxygen atoms in total. The van der Waals surface area contributed by atoms with Crippen molar-refractivity contribution in [1.29, 1.82) is 0 Å². The summed E-state index contributed by atoms with van der Waals surface area (Å²) in [5.41, 5.74) is 1.47. The average Bonchev–Trinajstić information content (AvgIpc) is 2.46. The van der Waals surface area contributed by atoms with Gasteiger partial charge in [0.05, 0.1) is 16.9 Å². The minimum absolute atomic E-state index is 0.0579. The fourth-order valence-electron chi connectivity index (χ4n) is 1.79. The van der Waals surface area contributed by atoms with E-state index in [-0.39, 0.29) is 9.79 Å². The number of methoxy groups -OCH3 is 1. The zero-order chi connectivity index (χ0) is 18.5. The van der Waals surface area contributed by atoms with Crippen molar-refractivity contribution in [1.82, 2.24) is 0 Å². The van der Waals surface area contributed by atoms with E-state index in [1.54, 1.807) is 26.0 Å². The van der Waals surface area contributed by atoms with Gasteiger partial charge in [0.2, 0.25) is 0 Å². The molecule has 0 unspecified atom stereocenters. The van der Waals surface area contributed by atoms with Crippen molar-refractivity contribution in [3.05, 3.63) is 53.6 Å². The van der Waals surface area contributed by atoms with E-state index in [9.17, 15) is 16.8 Å². The highest BCUT2D eigenvalue weighted by atomic mass is 32.2. The first kappa shape index (κ1) is 20.1. The van der Waals surface area contributed by atoms with Crippen molar-refractivity contribution in [2.45, 2.75) is 23.6 Å². The second kappa shape index (κ2) is 7.75. The fraction of sp³-hybridized carbons (Fsp3) is 0.200. The number of hydrogen-bond donors (Lipinski definition) is 2. The van der Waals surface area contributed by atoms with Gasteiger partial charge in [0.15, 0.2) is 0 Å². The number of rotatable bonds is 3. The van der Waals surface area contributed by atoms with Gasteiger partial charge in [0, 0.05) is 0 Å². The van der Waals surface area contributed by atoms with E-state index in [0.717, 1.165) is 5.56 Å². The molecule has 0 heterocycles. The SMILES string of the molecule is COc1ccc(S(=O)(=O)O)cc1C.Cc1cccc(S(=O)(=O)O)c1. The van der Waals surface area contributed by atoms with Crippen LogP contribution in [0.25, 0.3) is 0 Å². The Labute approximate surface area is 141 Å². The molecule has 0 amide bonds. The van der Waals surface area contributed by atoms with E-state index in [0.29, 0.717) is 11.3 Å². The zero-order valence-electron chi connectivity index (χ0n) is 13.3. The van der Waals surface area contributed by atoms with Crippen molar-refractivity contribution in [3.63, 3.8) is 0 Å². The largest absolute Gasteiger partial charge is 0.496 e. The van der Waals surface area contributed by atoms with Gasteiger partial charge in [-0.25, -0.2) is 0 Å². The Morgan fingerprint density at radius 2 is 1.38 bits per heavy atom. The van der Waals surface area contributed by atoms with Gasteiger partial charge in [-0.05, 0) is 55.3 Å². The highest BCUT2D eigenvalue weighted by Gasteiger charge is 2.10. The summed E-state index contributed by atoms with van der Waals surface area (Å²) in [6, 6.07) is 10.2. The molecule has 0 atom stereocenters. The molecule has 2 rings (SSSR count). The third-order valence-electron chi connectivity index (χ3n) is 2.95. The molecule has 0 aliphatic heterocycles. The van der Waals surface area contributed by atoms with Crippen LogP contribution in [-0.2, 0) is 20.2 Å². The van der Waals surface area contributed by atoms with E-state index >= 15 is 0 Å². The molecule has 0 radical (unpaired) electrons. The number of hydrogen-bond acceptors (Lipinski definition) is 5. The molecule has 9 heteroatoms. The molecule has 0 fully saturated rings. The lowest BCUT2D eigenvalue weighted by Gasteiger charge is -2.04. The first-order valence-electron chi connectivity index (χ1n) is 6.61. The Morgan fingerprint density at radius 1 is 0.833 bits per heavy atom. The van der Waals surface area contributed by atoms with E-state index < -0.39 is 20.2 Å². The van der Waals surface area contributed by atoms with Crippen LogP contribution >= 0.6 is 0 Å².